The Hall–Kier alpha value is -2.66. The molecule has 11 heteroatoms. The monoisotopic (exact) mass is 455 g/mol. The number of carboxylic acid groups (broad SMARTS) is 2. The van der Waals surface area contributed by atoms with E-state index in [0.29, 0.717) is 17.4 Å². The van der Waals surface area contributed by atoms with Gasteiger partial charge in [0, 0.05) is 24.3 Å². The van der Waals surface area contributed by atoms with Crippen LogP contribution in [0.2, 0.25) is 0 Å². The minimum atomic E-state index is -2.07. The lowest BCUT2D eigenvalue weighted by atomic mass is 10.0. The number of nitrogens with zero attached hydrogens (tertiary/aromatic N) is 1. The number of thioether (sulfide) groups is 1. The number of esters is 1. The van der Waals surface area contributed by atoms with Gasteiger partial charge in [0.25, 0.3) is 5.91 Å². The van der Waals surface area contributed by atoms with Crippen LogP contribution in [0.15, 0.2) is 23.4 Å². The first-order chi connectivity index (χ1) is 14.7. The fraction of sp³-hybridized carbons (Fsp3) is 0.550. The molecule has 2 heterocycles. The van der Waals surface area contributed by atoms with Crippen molar-refractivity contribution in [3.8, 4) is 0 Å². The van der Waals surface area contributed by atoms with Gasteiger partial charge in [-0.1, -0.05) is 13.8 Å². The largest absolute Gasteiger partial charge is 0.539 e. The maximum atomic E-state index is 12.8. The highest BCUT2D eigenvalue weighted by atomic mass is 32.2. The molecule has 0 spiro atoms. The Morgan fingerprint density at radius 1 is 1.32 bits per heavy atom. The Bertz CT molecular complexity index is 755. The first-order valence-corrected chi connectivity index (χ1v) is 10.9. The molecule has 1 aromatic heterocycles. The van der Waals surface area contributed by atoms with Gasteiger partial charge in [-0.3, -0.25) is 4.79 Å². The van der Waals surface area contributed by atoms with Crippen molar-refractivity contribution in [3.05, 3.63) is 23.9 Å². The van der Waals surface area contributed by atoms with E-state index in [1.165, 1.54) is 0 Å². The van der Waals surface area contributed by atoms with Crippen LogP contribution >= 0.6 is 11.8 Å². The van der Waals surface area contributed by atoms with Gasteiger partial charge in [0.15, 0.2) is 5.97 Å². The molecule has 1 aromatic rings. The maximum Gasteiger partial charge on any atom is 0.351 e. The number of amides is 1. The van der Waals surface area contributed by atoms with Gasteiger partial charge in [0.2, 0.25) is 0 Å². The fourth-order valence-corrected chi connectivity index (χ4v) is 4.01. The number of rotatable bonds is 7. The fourth-order valence-electron chi connectivity index (χ4n) is 2.78. The van der Waals surface area contributed by atoms with Crippen LogP contribution in [0.25, 0.3) is 0 Å². The van der Waals surface area contributed by atoms with E-state index in [1.807, 2.05) is 13.8 Å². The van der Waals surface area contributed by atoms with E-state index in [4.69, 9.17) is 24.5 Å². The van der Waals surface area contributed by atoms with Gasteiger partial charge in [-0.2, -0.15) is 0 Å². The molecule has 31 heavy (non-hydrogen) atoms. The highest BCUT2D eigenvalue weighted by molar-refractivity contribution is 7.99. The zero-order valence-electron chi connectivity index (χ0n) is 17.8. The minimum Gasteiger partial charge on any atom is -0.539 e. The number of ether oxygens (including phenoxy) is 1. The topological polar surface area (TPSA) is 162 Å². The van der Waals surface area contributed by atoms with Crippen LogP contribution < -0.4 is 15.7 Å². The van der Waals surface area contributed by atoms with E-state index in [1.54, 1.807) is 37.0 Å². The average molecular weight is 456 g/mol. The van der Waals surface area contributed by atoms with Crippen molar-refractivity contribution in [2.75, 3.05) is 19.7 Å². The van der Waals surface area contributed by atoms with Gasteiger partial charge in [-0.05, 0) is 25.0 Å². The van der Waals surface area contributed by atoms with Crippen molar-refractivity contribution < 1.29 is 39.4 Å². The Morgan fingerprint density at radius 2 is 1.94 bits per heavy atom. The normalized spacial score (nSPS) is 14.7. The number of carboxylic acids is 2. The van der Waals surface area contributed by atoms with Crippen molar-refractivity contribution >= 4 is 35.6 Å². The molecule has 1 atom stereocenters. The number of carbonyl (C=O) groups is 4. The highest BCUT2D eigenvalue weighted by Gasteiger charge is 2.27. The number of aliphatic carboxylic acids is 2. The van der Waals surface area contributed by atoms with Crippen molar-refractivity contribution in [3.63, 3.8) is 0 Å². The summed E-state index contributed by atoms with van der Waals surface area (Å²) in [7, 11) is 0. The second-order valence-electron chi connectivity index (χ2n) is 7.08. The summed E-state index contributed by atoms with van der Waals surface area (Å²) in [6, 6.07) is 2.86. The van der Waals surface area contributed by atoms with E-state index < -0.39 is 23.9 Å². The first kappa shape index (κ1) is 26.4. The van der Waals surface area contributed by atoms with E-state index >= 15 is 0 Å². The van der Waals surface area contributed by atoms with Crippen LogP contribution in [-0.4, -0.2) is 64.9 Å². The van der Waals surface area contributed by atoms with Crippen LogP contribution in [0, 0.1) is 5.92 Å². The van der Waals surface area contributed by atoms with E-state index in [-0.39, 0.29) is 11.8 Å². The van der Waals surface area contributed by atoms with Crippen LogP contribution in [0.5, 0.6) is 0 Å². The summed E-state index contributed by atoms with van der Waals surface area (Å²) in [5.74, 6) is -4.73. The third-order valence-corrected chi connectivity index (χ3v) is 5.70. The summed E-state index contributed by atoms with van der Waals surface area (Å²) in [6.45, 7) is 8.06. The van der Waals surface area contributed by atoms with Gasteiger partial charge in [-0.25, -0.2) is 14.6 Å². The molecule has 1 saturated heterocycles. The predicted octanol–water partition coefficient (Wildman–Crippen LogP) is -0.962. The molecule has 10 nitrogen and oxygen atoms in total. The van der Waals surface area contributed by atoms with Gasteiger partial charge >= 0.3 is 11.9 Å². The predicted molar refractivity (Wildman–Crippen MR) is 110 cm³/mol. The summed E-state index contributed by atoms with van der Waals surface area (Å²) >= 11 is 1.67. The molecular formula is C20H29N3O7S. The van der Waals surface area contributed by atoms with E-state index in [9.17, 15) is 9.59 Å². The second kappa shape index (κ2) is 13.6. The summed E-state index contributed by atoms with van der Waals surface area (Å²) < 4.78 is 5.08. The van der Waals surface area contributed by atoms with Crippen LogP contribution in [0.1, 0.15) is 44.0 Å². The Kier molecular flexibility index (Phi) is 11.6. The number of hydrogen-bond donors (Lipinski definition) is 3. The second-order valence-corrected chi connectivity index (χ2v) is 8.37. The Labute approximate surface area is 185 Å². The lowest BCUT2D eigenvalue weighted by molar-refractivity contribution is -0.661. The lowest BCUT2D eigenvalue weighted by Crippen LogP contribution is -2.86. The molecule has 0 bridgehead atoms. The lowest BCUT2D eigenvalue weighted by Gasteiger charge is -2.22. The molecule has 1 aliphatic heterocycles. The SMILES string of the molecule is CCOC(=O)C(NC(=O)c1cccnc1SC1CC[NH2+]CC1)C(C)C.O=C([O-])C(=O)O. The summed E-state index contributed by atoms with van der Waals surface area (Å²) in [4.78, 5) is 47.3. The number of nitrogens with two attached hydrogens (primary N) is 1. The van der Waals surface area contributed by atoms with Crippen LogP contribution in [0.3, 0.4) is 0 Å². The third-order valence-electron chi connectivity index (χ3n) is 4.35. The number of piperidine rings is 1. The van der Waals surface area contributed by atoms with Crippen molar-refractivity contribution in [2.24, 2.45) is 5.92 Å². The molecule has 0 radical (unpaired) electrons. The maximum absolute atomic E-state index is 12.8. The molecule has 0 saturated carbocycles. The number of nitrogens with one attached hydrogen (secondary N) is 1. The summed E-state index contributed by atoms with van der Waals surface area (Å²) in [5, 5.41) is 22.7. The smallest absolute Gasteiger partial charge is 0.351 e. The number of pyridine rings is 1. The molecule has 172 valence electrons. The van der Waals surface area contributed by atoms with Gasteiger partial charge in [-0.15, -0.1) is 11.8 Å². The number of quaternary nitrogens is 1. The standard InChI is InChI=1S/C18H27N3O3S.C2H2O4/c1-4-24-18(23)15(12(2)3)21-16(22)14-6-5-9-20-17(14)25-13-7-10-19-11-8-13;3-1(4)2(5)6/h5-6,9,12-13,15,19H,4,7-8,10-11H2,1-3H3,(H,21,22);(H,3,4)(H,5,6). The molecule has 1 unspecified atom stereocenters. The van der Waals surface area contributed by atoms with Crippen molar-refractivity contribution in [1.29, 1.82) is 0 Å². The molecule has 1 aliphatic rings. The Balaban J connectivity index is 0.000000703. The number of hydrogen-bond acceptors (Lipinski definition) is 8. The van der Waals surface area contributed by atoms with E-state index in [2.05, 4.69) is 15.6 Å². The van der Waals surface area contributed by atoms with Gasteiger partial charge in [0.05, 0.1) is 25.3 Å². The molecule has 0 aromatic carbocycles. The molecule has 1 fully saturated rings. The zero-order chi connectivity index (χ0) is 23.4. The van der Waals surface area contributed by atoms with Crippen LogP contribution in [-0.2, 0) is 19.1 Å². The zero-order valence-corrected chi connectivity index (χ0v) is 18.6. The molecule has 4 N–H and O–H groups in total. The first-order valence-electron chi connectivity index (χ1n) is 10.0. The van der Waals surface area contributed by atoms with Gasteiger partial charge < -0.3 is 30.4 Å². The van der Waals surface area contributed by atoms with Crippen LogP contribution in [0.4, 0.5) is 0 Å². The van der Waals surface area contributed by atoms with E-state index in [0.717, 1.165) is 31.0 Å². The minimum absolute atomic E-state index is 0.0512. The average Bonchev–Trinajstić information content (AvgIpc) is 2.73. The summed E-state index contributed by atoms with van der Waals surface area (Å²) in [6.07, 6.45) is 3.93. The summed E-state index contributed by atoms with van der Waals surface area (Å²) in [5.41, 5.74) is 0.525. The van der Waals surface area contributed by atoms with Gasteiger partial charge in [0.1, 0.15) is 11.1 Å². The molecular weight excluding hydrogens is 426 g/mol. The molecule has 1 amide bonds. The quantitative estimate of drug-likeness (QED) is 0.347. The number of carbonyl (C=O) groups excluding carboxylic acids is 3. The number of aromatic nitrogens is 1. The third kappa shape index (κ3) is 9.35. The van der Waals surface area contributed by atoms with Crippen molar-refractivity contribution in [2.45, 2.75) is 49.9 Å². The molecule has 0 aliphatic carbocycles. The molecule has 2 rings (SSSR count). The van der Waals surface area contributed by atoms with Crippen molar-refractivity contribution in [1.82, 2.24) is 10.3 Å². The highest BCUT2D eigenvalue weighted by Crippen LogP contribution is 2.29. The Morgan fingerprint density at radius 3 is 2.45 bits per heavy atom.